The van der Waals surface area contributed by atoms with E-state index in [4.69, 9.17) is 16.9 Å². The van der Waals surface area contributed by atoms with Crippen molar-refractivity contribution < 1.29 is 0 Å². The molecule has 3 nitrogen and oxygen atoms in total. The summed E-state index contributed by atoms with van der Waals surface area (Å²) in [5.41, 5.74) is 2.10. The number of halogens is 2. The number of alkyl halides is 1. The number of aromatic nitrogens is 2. The second-order valence-electron chi connectivity index (χ2n) is 3.55. The van der Waals surface area contributed by atoms with E-state index in [-0.39, 0.29) is 12.4 Å². The third kappa shape index (κ3) is 2.79. The molecule has 0 aliphatic rings. The van der Waals surface area contributed by atoms with Gasteiger partial charge in [-0.3, -0.25) is 0 Å². The van der Waals surface area contributed by atoms with Gasteiger partial charge in [0.1, 0.15) is 5.50 Å². The van der Waals surface area contributed by atoms with Crippen molar-refractivity contribution in [2.75, 3.05) is 0 Å². The highest BCUT2D eigenvalue weighted by Crippen LogP contribution is 2.26. The molecule has 0 N–H and O–H groups in total. The zero-order valence-electron chi connectivity index (χ0n) is 9.17. The molecule has 1 aromatic heterocycles. The lowest BCUT2D eigenvalue weighted by molar-refractivity contribution is 0.762. The topological polar surface area (TPSA) is 41.6 Å². The molecule has 0 fully saturated rings. The lowest BCUT2D eigenvalue weighted by Crippen LogP contribution is -2.04. The maximum absolute atomic E-state index is 9.02. The summed E-state index contributed by atoms with van der Waals surface area (Å²) in [6.07, 6.45) is 5.08. The zero-order valence-corrected chi connectivity index (χ0v) is 10.7. The van der Waals surface area contributed by atoms with E-state index in [2.05, 4.69) is 11.1 Å². The first-order valence-electron chi connectivity index (χ1n) is 4.84. The van der Waals surface area contributed by atoms with Crippen molar-refractivity contribution in [3.63, 3.8) is 0 Å². The highest BCUT2D eigenvalue weighted by Gasteiger charge is 2.13. The minimum Gasteiger partial charge on any atom is -0.316 e. The van der Waals surface area contributed by atoms with Gasteiger partial charge in [0.2, 0.25) is 0 Å². The van der Waals surface area contributed by atoms with E-state index in [1.54, 1.807) is 29.4 Å². The van der Waals surface area contributed by atoms with Crippen LogP contribution in [0.15, 0.2) is 36.9 Å². The molecule has 0 amide bonds. The van der Waals surface area contributed by atoms with Gasteiger partial charge in [0.05, 0.1) is 18.0 Å². The summed E-state index contributed by atoms with van der Waals surface area (Å²) in [5, 5.41) is 9.02. The van der Waals surface area contributed by atoms with Gasteiger partial charge < -0.3 is 4.57 Å². The average Bonchev–Trinajstić information content (AvgIpc) is 2.81. The van der Waals surface area contributed by atoms with Gasteiger partial charge in [-0.05, 0) is 13.0 Å². The Hall–Kier alpha value is -1.50. The number of aryl methyl sites for hydroxylation is 1. The second kappa shape index (κ2) is 5.72. The molecule has 0 saturated carbocycles. The summed E-state index contributed by atoms with van der Waals surface area (Å²) >= 11 is 6.30. The molecular formula is C12H11Cl2N3. The fourth-order valence-electron chi connectivity index (χ4n) is 1.55. The van der Waals surface area contributed by atoms with Crippen molar-refractivity contribution in [2.45, 2.75) is 12.4 Å². The van der Waals surface area contributed by atoms with Crippen molar-refractivity contribution in [3.05, 3.63) is 53.6 Å². The molecule has 0 aliphatic heterocycles. The van der Waals surface area contributed by atoms with Crippen LogP contribution in [0, 0.1) is 18.3 Å². The molecule has 17 heavy (non-hydrogen) atoms. The molecule has 2 aromatic rings. The molecule has 0 spiro atoms. The van der Waals surface area contributed by atoms with Crippen molar-refractivity contribution in [1.29, 1.82) is 5.26 Å². The maximum atomic E-state index is 9.02. The molecule has 2 rings (SSSR count). The number of benzene rings is 1. The molecule has 88 valence electrons. The van der Waals surface area contributed by atoms with E-state index in [0.717, 1.165) is 11.1 Å². The Morgan fingerprint density at radius 2 is 2.24 bits per heavy atom. The number of rotatable bonds is 2. The van der Waals surface area contributed by atoms with Crippen LogP contribution in [-0.2, 0) is 0 Å². The van der Waals surface area contributed by atoms with E-state index in [1.807, 2.05) is 19.1 Å². The predicted octanol–water partition coefficient (Wildman–Crippen LogP) is 3.27. The zero-order chi connectivity index (χ0) is 11.5. The summed E-state index contributed by atoms with van der Waals surface area (Å²) in [5.74, 6) is 0. The van der Waals surface area contributed by atoms with Crippen LogP contribution in [0.5, 0.6) is 0 Å². The Morgan fingerprint density at radius 1 is 1.47 bits per heavy atom. The molecule has 0 saturated heterocycles. The first-order valence-corrected chi connectivity index (χ1v) is 5.28. The van der Waals surface area contributed by atoms with Crippen LogP contribution < -0.4 is 0 Å². The van der Waals surface area contributed by atoms with Gasteiger partial charge in [-0.25, -0.2) is 4.98 Å². The van der Waals surface area contributed by atoms with E-state index in [0.29, 0.717) is 5.56 Å². The molecule has 1 unspecified atom stereocenters. The number of imidazole rings is 1. The van der Waals surface area contributed by atoms with Gasteiger partial charge in [-0.1, -0.05) is 29.3 Å². The Bertz CT molecular complexity index is 529. The summed E-state index contributed by atoms with van der Waals surface area (Å²) < 4.78 is 1.76. The molecule has 0 radical (unpaired) electrons. The van der Waals surface area contributed by atoms with Crippen LogP contribution in [0.3, 0.4) is 0 Å². The summed E-state index contributed by atoms with van der Waals surface area (Å²) in [6, 6.07) is 7.77. The van der Waals surface area contributed by atoms with E-state index < -0.39 is 5.50 Å². The smallest absolute Gasteiger partial charge is 0.135 e. The lowest BCUT2D eigenvalue weighted by Gasteiger charge is -2.13. The monoisotopic (exact) mass is 267 g/mol. The molecule has 1 heterocycles. The standard InChI is InChI=1S/C12H10ClN3.ClH/c1-9-2-3-10(7-14)11(6-9)12(13)16-5-4-15-8-16;/h2-6,8,12H,1H3;1H. The van der Waals surface area contributed by atoms with Crippen LogP contribution in [0.25, 0.3) is 0 Å². The fraction of sp³-hybridized carbons (Fsp3) is 0.167. The minimum absolute atomic E-state index is 0. The van der Waals surface area contributed by atoms with Crippen molar-refractivity contribution in [2.24, 2.45) is 0 Å². The van der Waals surface area contributed by atoms with Crippen LogP contribution in [0.4, 0.5) is 0 Å². The number of nitriles is 1. The van der Waals surface area contributed by atoms with E-state index in [9.17, 15) is 0 Å². The molecule has 1 atom stereocenters. The maximum Gasteiger partial charge on any atom is 0.135 e. The largest absolute Gasteiger partial charge is 0.316 e. The highest BCUT2D eigenvalue weighted by molar-refractivity contribution is 6.20. The van der Waals surface area contributed by atoms with E-state index in [1.165, 1.54) is 0 Å². The minimum atomic E-state index is -0.392. The molecular weight excluding hydrogens is 257 g/mol. The number of hydrogen-bond acceptors (Lipinski definition) is 2. The SMILES string of the molecule is Cc1ccc(C#N)c(C(Cl)n2ccnc2)c1.Cl. The Morgan fingerprint density at radius 3 is 2.82 bits per heavy atom. The summed E-state index contributed by atoms with van der Waals surface area (Å²) in [6.45, 7) is 1.97. The second-order valence-corrected chi connectivity index (χ2v) is 3.96. The van der Waals surface area contributed by atoms with Crippen LogP contribution in [0.1, 0.15) is 22.2 Å². The number of hydrogen-bond donors (Lipinski definition) is 0. The Labute approximate surface area is 111 Å². The van der Waals surface area contributed by atoms with Gasteiger partial charge in [0, 0.05) is 18.0 Å². The lowest BCUT2D eigenvalue weighted by atomic mass is 10.1. The average molecular weight is 268 g/mol. The van der Waals surface area contributed by atoms with Gasteiger partial charge in [-0.2, -0.15) is 5.26 Å². The first kappa shape index (κ1) is 13.6. The molecule has 5 heteroatoms. The summed E-state index contributed by atoms with van der Waals surface area (Å²) in [7, 11) is 0. The highest BCUT2D eigenvalue weighted by atomic mass is 35.5. The molecule has 0 bridgehead atoms. The Kier molecular flexibility index (Phi) is 4.56. The van der Waals surface area contributed by atoms with Gasteiger partial charge in [0.25, 0.3) is 0 Å². The van der Waals surface area contributed by atoms with Crippen LogP contribution >= 0.6 is 24.0 Å². The molecule has 1 aromatic carbocycles. The van der Waals surface area contributed by atoms with Crippen molar-refractivity contribution >= 4 is 24.0 Å². The number of nitrogens with zero attached hydrogens (tertiary/aromatic N) is 3. The van der Waals surface area contributed by atoms with Crippen LogP contribution in [0.2, 0.25) is 0 Å². The summed E-state index contributed by atoms with van der Waals surface area (Å²) in [4.78, 5) is 3.94. The quantitative estimate of drug-likeness (QED) is 0.784. The van der Waals surface area contributed by atoms with Crippen molar-refractivity contribution in [3.8, 4) is 6.07 Å². The Balaban J connectivity index is 0.00000144. The predicted molar refractivity (Wildman–Crippen MR) is 69.4 cm³/mol. The van der Waals surface area contributed by atoms with Gasteiger partial charge in [-0.15, -0.1) is 12.4 Å². The third-order valence-electron chi connectivity index (χ3n) is 2.37. The fourth-order valence-corrected chi connectivity index (χ4v) is 1.84. The van der Waals surface area contributed by atoms with Crippen molar-refractivity contribution in [1.82, 2.24) is 9.55 Å². The van der Waals surface area contributed by atoms with Gasteiger partial charge >= 0.3 is 0 Å². The first-order chi connectivity index (χ1) is 7.72. The van der Waals surface area contributed by atoms with E-state index >= 15 is 0 Å². The molecule has 0 aliphatic carbocycles. The normalized spacial score (nSPS) is 11.4. The third-order valence-corrected chi connectivity index (χ3v) is 2.83. The van der Waals surface area contributed by atoms with Crippen LogP contribution in [-0.4, -0.2) is 9.55 Å². The van der Waals surface area contributed by atoms with Gasteiger partial charge in [0.15, 0.2) is 0 Å².